The van der Waals surface area contributed by atoms with Crippen LogP contribution in [0.3, 0.4) is 0 Å². The smallest absolute Gasteiger partial charge is 0.310 e. The topological polar surface area (TPSA) is 101 Å². The highest BCUT2D eigenvalue weighted by molar-refractivity contribution is 5.80. The number of rotatable bonds is 5. The summed E-state index contributed by atoms with van der Waals surface area (Å²) in [4.78, 5) is 39.2. The van der Waals surface area contributed by atoms with E-state index in [1.165, 1.54) is 24.7 Å². The second-order valence-corrected chi connectivity index (χ2v) is 5.66. The first-order valence-electron chi connectivity index (χ1n) is 6.75. The van der Waals surface area contributed by atoms with Gasteiger partial charge in [0.2, 0.25) is 5.91 Å². The van der Waals surface area contributed by atoms with E-state index < -0.39 is 17.3 Å². The average Bonchev–Trinajstić information content (AvgIpc) is 2.48. The monoisotopic (exact) mass is 303 g/mol. The van der Waals surface area contributed by atoms with Gasteiger partial charge in [0.15, 0.2) is 0 Å². The van der Waals surface area contributed by atoms with Gasteiger partial charge >= 0.3 is 5.97 Å². The summed E-state index contributed by atoms with van der Waals surface area (Å²) in [5.41, 5.74) is -0.808. The molecule has 1 amide bonds. The summed E-state index contributed by atoms with van der Waals surface area (Å²) < 4.78 is 1.20. The number of carbonyl (C=O) groups excluding carboxylic acids is 1. The molecule has 0 unspecified atom stereocenters. The van der Waals surface area contributed by atoms with Gasteiger partial charge in [-0.05, 0) is 26.0 Å². The highest BCUT2D eigenvalue weighted by atomic mass is 16.4. The van der Waals surface area contributed by atoms with Crippen LogP contribution >= 0.6 is 0 Å². The lowest BCUT2D eigenvalue weighted by molar-refractivity contribution is -0.146. The van der Waals surface area contributed by atoms with Crippen molar-refractivity contribution < 1.29 is 14.7 Å². The maximum Gasteiger partial charge on any atom is 0.310 e. The minimum Gasteiger partial charge on any atom is -0.481 e. The van der Waals surface area contributed by atoms with Crippen LogP contribution in [-0.4, -0.2) is 33.1 Å². The summed E-state index contributed by atoms with van der Waals surface area (Å²) in [6.07, 6.45) is 1.31. The highest BCUT2D eigenvalue weighted by Gasteiger charge is 2.27. The molecule has 0 saturated carbocycles. The molecule has 7 nitrogen and oxygen atoms in total. The van der Waals surface area contributed by atoms with Gasteiger partial charge in [-0.2, -0.15) is 0 Å². The SMILES string of the molecule is CC(C)(CNC(=O)Cn1cnc2ccccc2c1=O)C(=O)O. The molecule has 2 N–H and O–H groups in total. The number of benzene rings is 1. The van der Waals surface area contributed by atoms with E-state index in [1.807, 2.05) is 0 Å². The van der Waals surface area contributed by atoms with Crippen molar-refractivity contribution in [3.8, 4) is 0 Å². The van der Waals surface area contributed by atoms with Crippen LogP contribution in [0.15, 0.2) is 35.4 Å². The lowest BCUT2D eigenvalue weighted by Gasteiger charge is -2.19. The van der Waals surface area contributed by atoms with Crippen molar-refractivity contribution in [2.24, 2.45) is 5.41 Å². The zero-order valence-corrected chi connectivity index (χ0v) is 12.4. The summed E-state index contributed by atoms with van der Waals surface area (Å²) in [5, 5.41) is 11.9. The first kappa shape index (κ1) is 15.7. The third-order valence-corrected chi connectivity index (χ3v) is 3.35. The van der Waals surface area contributed by atoms with E-state index in [1.54, 1.807) is 24.3 Å². The Labute approximate surface area is 126 Å². The summed E-state index contributed by atoms with van der Waals surface area (Å²) >= 11 is 0. The number of carbonyl (C=O) groups is 2. The number of hydrogen-bond donors (Lipinski definition) is 2. The van der Waals surface area contributed by atoms with Crippen LogP contribution in [0, 0.1) is 5.41 Å². The van der Waals surface area contributed by atoms with Crippen molar-refractivity contribution in [1.82, 2.24) is 14.9 Å². The molecule has 1 aromatic carbocycles. The molecule has 0 atom stereocenters. The van der Waals surface area contributed by atoms with Crippen molar-refractivity contribution >= 4 is 22.8 Å². The van der Waals surface area contributed by atoms with Gasteiger partial charge in [0, 0.05) is 6.54 Å². The van der Waals surface area contributed by atoms with E-state index in [0.717, 1.165) is 0 Å². The minimum atomic E-state index is -1.07. The van der Waals surface area contributed by atoms with E-state index >= 15 is 0 Å². The molecule has 0 aliphatic carbocycles. The molecule has 2 rings (SSSR count). The molecule has 0 saturated heterocycles. The minimum absolute atomic E-state index is 0.0169. The zero-order chi connectivity index (χ0) is 16.3. The molecule has 7 heteroatoms. The van der Waals surface area contributed by atoms with E-state index in [2.05, 4.69) is 10.3 Å². The number of para-hydroxylation sites is 1. The van der Waals surface area contributed by atoms with Crippen LogP contribution in [0.25, 0.3) is 10.9 Å². The largest absolute Gasteiger partial charge is 0.481 e. The van der Waals surface area contributed by atoms with Crippen molar-refractivity contribution in [2.45, 2.75) is 20.4 Å². The van der Waals surface area contributed by atoms with Crippen molar-refractivity contribution in [3.63, 3.8) is 0 Å². The van der Waals surface area contributed by atoms with Gasteiger partial charge in [-0.1, -0.05) is 12.1 Å². The lowest BCUT2D eigenvalue weighted by atomic mass is 9.94. The Morgan fingerprint density at radius 3 is 2.68 bits per heavy atom. The first-order chi connectivity index (χ1) is 10.3. The summed E-state index contributed by atoms with van der Waals surface area (Å²) in [6, 6.07) is 6.87. The Morgan fingerprint density at radius 2 is 2.00 bits per heavy atom. The number of aromatic nitrogens is 2. The van der Waals surface area contributed by atoms with Gasteiger partial charge in [-0.25, -0.2) is 4.98 Å². The lowest BCUT2D eigenvalue weighted by Crippen LogP contribution is -2.41. The number of nitrogens with zero attached hydrogens (tertiary/aromatic N) is 2. The third kappa shape index (κ3) is 3.30. The van der Waals surface area contributed by atoms with E-state index in [0.29, 0.717) is 10.9 Å². The average molecular weight is 303 g/mol. The predicted molar refractivity (Wildman–Crippen MR) is 80.4 cm³/mol. The first-order valence-corrected chi connectivity index (χ1v) is 6.75. The predicted octanol–water partition coefficient (Wildman–Crippen LogP) is 0.623. The molecule has 1 aromatic heterocycles. The summed E-state index contributed by atoms with van der Waals surface area (Å²) in [5.74, 6) is -1.44. The van der Waals surface area contributed by atoms with Gasteiger partial charge < -0.3 is 10.4 Å². The molecule has 0 aliphatic heterocycles. The maximum atomic E-state index is 12.2. The molecule has 0 aliphatic rings. The molecule has 0 radical (unpaired) electrons. The van der Waals surface area contributed by atoms with Crippen LogP contribution in [0.4, 0.5) is 0 Å². The van der Waals surface area contributed by atoms with Gasteiger partial charge in [0.1, 0.15) is 6.54 Å². The second kappa shape index (κ2) is 5.97. The number of amides is 1. The van der Waals surface area contributed by atoms with Crippen molar-refractivity contribution in [3.05, 3.63) is 40.9 Å². The van der Waals surface area contributed by atoms with Crippen LogP contribution in [-0.2, 0) is 16.1 Å². The molecule has 2 aromatic rings. The molecular formula is C15H17N3O4. The summed E-state index contributed by atoms with van der Waals surface area (Å²) in [7, 11) is 0. The normalized spacial score (nSPS) is 11.4. The third-order valence-electron chi connectivity index (χ3n) is 3.35. The number of carboxylic acids is 1. The number of hydrogen-bond acceptors (Lipinski definition) is 4. The Balaban J connectivity index is 2.11. The van der Waals surface area contributed by atoms with E-state index in [9.17, 15) is 14.4 Å². The van der Waals surface area contributed by atoms with Crippen LogP contribution in [0.5, 0.6) is 0 Å². The van der Waals surface area contributed by atoms with Gasteiger partial charge in [-0.3, -0.25) is 19.0 Å². The number of aliphatic carboxylic acids is 1. The van der Waals surface area contributed by atoms with E-state index in [-0.39, 0.29) is 18.6 Å². The highest BCUT2D eigenvalue weighted by Crippen LogP contribution is 2.12. The van der Waals surface area contributed by atoms with E-state index in [4.69, 9.17) is 5.11 Å². The quantitative estimate of drug-likeness (QED) is 0.843. The van der Waals surface area contributed by atoms with Gasteiger partial charge in [0.05, 0.1) is 22.6 Å². The van der Waals surface area contributed by atoms with Crippen LogP contribution in [0.1, 0.15) is 13.8 Å². The fourth-order valence-electron chi connectivity index (χ4n) is 1.82. The Morgan fingerprint density at radius 1 is 1.32 bits per heavy atom. The van der Waals surface area contributed by atoms with Crippen molar-refractivity contribution in [2.75, 3.05) is 6.54 Å². The Hall–Kier alpha value is -2.70. The second-order valence-electron chi connectivity index (χ2n) is 5.66. The molecule has 116 valence electrons. The Kier molecular flexibility index (Phi) is 4.25. The van der Waals surface area contributed by atoms with Crippen LogP contribution in [0.2, 0.25) is 0 Å². The Bertz CT molecular complexity index is 780. The maximum absolute atomic E-state index is 12.2. The van der Waals surface area contributed by atoms with Crippen LogP contribution < -0.4 is 10.9 Å². The summed E-state index contributed by atoms with van der Waals surface area (Å²) in [6.45, 7) is 2.81. The van der Waals surface area contributed by atoms with Gasteiger partial charge in [-0.15, -0.1) is 0 Å². The molecule has 0 fully saturated rings. The molecule has 0 bridgehead atoms. The van der Waals surface area contributed by atoms with Crippen molar-refractivity contribution in [1.29, 1.82) is 0 Å². The number of carboxylic acid groups (broad SMARTS) is 1. The number of fused-ring (bicyclic) bond motifs is 1. The number of nitrogens with one attached hydrogen (secondary N) is 1. The fraction of sp³-hybridized carbons (Fsp3) is 0.333. The van der Waals surface area contributed by atoms with Gasteiger partial charge in [0.25, 0.3) is 5.56 Å². The molecular weight excluding hydrogens is 286 g/mol. The molecule has 22 heavy (non-hydrogen) atoms. The standard InChI is InChI=1S/C15H17N3O4/c1-15(2,14(21)22)8-16-12(19)7-18-9-17-11-6-4-3-5-10(11)13(18)20/h3-6,9H,7-8H2,1-2H3,(H,16,19)(H,21,22). The fourth-order valence-corrected chi connectivity index (χ4v) is 1.82. The zero-order valence-electron chi connectivity index (χ0n) is 12.4. The molecule has 1 heterocycles. The molecule has 0 spiro atoms.